The van der Waals surface area contributed by atoms with E-state index in [9.17, 15) is 4.79 Å². The second kappa shape index (κ2) is 8.03. The summed E-state index contributed by atoms with van der Waals surface area (Å²) in [6, 6.07) is 7.50. The Balaban J connectivity index is 2.10. The Kier molecular flexibility index (Phi) is 6.29. The van der Waals surface area contributed by atoms with E-state index in [4.69, 9.17) is 16.0 Å². The average Bonchev–Trinajstić information content (AvgIpc) is 2.95. The van der Waals surface area contributed by atoms with Gasteiger partial charge in [0.25, 0.3) is 5.22 Å². The van der Waals surface area contributed by atoms with Crippen LogP contribution in [0.15, 0.2) is 33.9 Å². The monoisotopic (exact) mass is 367 g/mol. The van der Waals surface area contributed by atoms with E-state index in [2.05, 4.69) is 10.2 Å². The molecule has 1 heterocycles. The van der Waals surface area contributed by atoms with Crippen LogP contribution in [0.2, 0.25) is 5.02 Å². The molecule has 130 valence electrons. The van der Waals surface area contributed by atoms with Crippen LogP contribution in [0.3, 0.4) is 0 Å². The maximum atomic E-state index is 12.6. The lowest BCUT2D eigenvalue weighted by Crippen LogP contribution is -2.45. The maximum Gasteiger partial charge on any atom is 0.277 e. The fourth-order valence-corrected chi connectivity index (χ4v) is 3.44. The summed E-state index contributed by atoms with van der Waals surface area (Å²) in [5, 5.41) is 8.73. The summed E-state index contributed by atoms with van der Waals surface area (Å²) in [5.41, 5.74) is 0.756. The van der Waals surface area contributed by atoms with Crippen LogP contribution in [-0.4, -0.2) is 38.3 Å². The molecule has 2 aromatic rings. The molecular formula is C17H22ClN3O2S. The van der Waals surface area contributed by atoms with Crippen molar-refractivity contribution in [1.29, 1.82) is 0 Å². The van der Waals surface area contributed by atoms with Gasteiger partial charge in [-0.3, -0.25) is 4.79 Å². The van der Waals surface area contributed by atoms with Gasteiger partial charge in [-0.25, -0.2) is 0 Å². The number of carbonyl (C=O) groups is 1. The van der Waals surface area contributed by atoms with Crippen molar-refractivity contribution in [3.05, 3.63) is 29.3 Å². The van der Waals surface area contributed by atoms with Gasteiger partial charge in [0, 0.05) is 22.7 Å². The highest BCUT2D eigenvalue weighted by molar-refractivity contribution is 8.00. The quantitative estimate of drug-likeness (QED) is 0.702. The molecule has 24 heavy (non-hydrogen) atoms. The molecule has 1 aromatic carbocycles. The summed E-state index contributed by atoms with van der Waals surface area (Å²) in [6.07, 6.45) is 0. The predicted molar refractivity (Wildman–Crippen MR) is 97.2 cm³/mol. The molecule has 0 bridgehead atoms. The summed E-state index contributed by atoms with van der Waals surface area (Å²) in [7, 11) is 0. The topological polar surface area (TPSA) is 59.2 Å². The number of amides is 1. The zero-order chi connectivity index (χ0) is 17.9. The van der Waals surface area contributed by atoms with Crippen LogP contribution in [0.5, 0.6) is 0 Å². The number of nitrogens with zero attached hydrogens (tertiary/aromatic N) is 3. The molecule has 0 aliphatic heterocycles. The van der Waals surface area contributed by atoms with E-state index < -0.39 is 0 Å². The number of thioether (sulfide) groups is 1. The number of rotatable bonds is 6. The molecule has 1 aromatic heterocycles. The normalized spacial score (nSPS) is 12.7. The molecule has 0 radical (unpaired) electrons. The molecular weight excluding hydrogens is 346 g/mol. The summed E-state index contributed by atoms with van der Waals surface area (Å²) in [5.74, 6) is 0.455. The van der Waals surface area contributed by atoms with Gasteiger partial charge in [0.1, 0.15) is 0 Å². The minimum Gasteiger partial charge on any atom is -0.411 e. The van der Waals surface area contributed by atoms with Gasteiger partial charge >= 0.3 is 0 Å². The van der Waals surface area contributed by atoms with Gasteiger partial charge in [-0.05, 0) is 52.8 Å². The van der Waals surface area contributed by atoms with Crippen LogP contribution in [-0.2, 0) is 4.79 Å². The van der Waals surface area contributed by atoms with Gasteiger partial charge < -0.3 is 9.32 Å². The van der Waals surface area contributed by atoms with Crippen molar-refractivity contribution in [2.75, 3.05) is 0 Å². The van der Waals surface area contributed by atoms with Gasteiger partial charge in [-0.15, -0.1) is 10.2 Å². The fraction of sp³-hybridized carbons (Fsp3) is 0.471. The van der Waals surface area contributed by atoms with Crippen molar-refractivity contribution < 1.29 is 9.21 Å². The number of aromatic nitrogens is 2. The summed E-state index contributed by atoms with van der Waals surface area (Å²) in [6.45, 7) is 9.91. The third-order valence-corrected chi connectivity index (χ3v) is 4.63. The van der Waals surface area contributed by atoms with E-state index >= 15 is 0 Å². The largest absolute Gasteiger partial charge is 0.411 e. The average molecular weight is 368 g/mol. The van der Waals surface area contributed by atoms with Crippen molar-refractivity contribution >= 4 is 29.3 Å². The molecule has 1 atom stereocenters. The zero-order valence-electron chi connectivity index (χ0n) is 14.5. The summed E-state index contributed by atoms with van der Waals surface area (Å²) >= 11 is 7.25. The molecule has 0 saturated heterocycles. The Morgan fingerprint density at radius 3 is 2.42 bits per heavy atom. The van der Waals surface area contributed by atoms with Crippen LogP contribution >= 0.6 is 23.4 Å². The summed E-state index contributed by atoms with van der Waals surface area (Å²) < 4.78 is 5.66. The smallest absolute Gasteiger partial charge is 0.277 e. The molecule has 7 heteroatoms. The second-order valence-corrected chi connectivity index (χ2v) is 7.81. The van der Waals surface area contributed by atoms with Gasteiger partial charge in [0.15, 0.2) is 0 Å². The maximum absolute atomic E-state index is 12.6. The standard InChI is InChI=1S/C17H22ClN3O2S/c1-10(2)21(11(3)4)16(22)12(5)24-17-20-19-15(23-17)13-7-6-8-14(18)9-13/h6-12H,1-5H3/t12-/m0/s1. The Bertz CT molecular complexity index is 695. The van der Waals surface area contributed by atoms with Crippen LogP contribution in [0.1, 0.15) is 34.6 Å². The van der Waals surface area contributed by atoms with E-state index in [0.717, 1.165) is 5.56 Å². The Hall–Kier alpha value is -1.53. The van der Waals surface area contributed by atoms with E-state index in [1.165, 1.54) is 11.8 Å². The van der Waals surface area contributed by atoms with Crippen LogP contribution in [0, 0.1) is 0 Å². The minimum absolute atomic E-state index is 0.0625. The lowest BCUT2D eigenvalue weighted by atomic mass is 10.2. The molecule has 5 nitrogen and oxygen atoms in total. The molecule has 2 rings (SSSR count). The number of benzene rings is 1. The second-order valence-electron chi connectivity index (χ2n) is 6.08. The lowest BCUT2D eigenvalue weighted by molar-refractivity contribution is -0.133. The summed E-state index contributed by atoms with van der Waals surface area (Å²) in [4.78, 5) is 14.5. The highest BCUT2D eigenvalue weighted by Gasteiger charge is 2.27. The molecule has 0 unspecified atom stereocenters. The fourth-order valence-electron chi connectivity index (χ4n) is 2.51. The highest BCUT2D eigenvalue weighted by atomic mass is 35.5. The van der Waals surface area contributed by atoms with Crippen molar-refractivity contribution in [3.63, 3.8) is 0 Å². The van der Waals surface area contributed by atoms with Gasteiger partial charge in [-0.2, -0.15) is 0 Å². The Morgan fingerprint density at radius 1 is 1.17 bits per heavy atom. The first-order valence-corrected chi connectivity index (χ1v) is 9.13. The Morgan fingerprint density at radius 2 is 1.83 bits per heavy atom. The van der Waals surface area contributed by atoms with E-state index in [-0.39, 0.29) is 23.2 Å². The first kappa shape index (κ1) is 18.8. The van der Waals surface area contributed by atoms with Gasteiger partial charge in [-0.1, -0.05) is 29.4 Å². The van der Waals surface area contributed by atoms with Crippen molar-refractivity contribution in [3.8, 4) is 11.5 Å². The zero-order valence-corrected chi connectivity index (χ0v) is 16.1. The SMILES string of the molecule is CC(C)N(C(=O)[C@H](C)Sc1nnc(-c2cccc(Cl)c2)o1)C(C)C. The number of hydrogen-bond acceptors (Lipinski definition) is 5. The molecule has 0 fully saturated rings. The highest BCUT2D eigenvalue weighted by Crippen LogP contribution is 2.28. The van der Waals surface area contributed by atoms with Crippen molar-refractivity contribution in [1.82, 2.24) is 15.1 Å². The first-order valence-electron chi connectivity index (χ1n) is 7.88. The van der Waals surface area contributed by atoms with Crippen LogP contribution in [0.25, 0.3) is 11.5 Å². The molecule has 0 spiro atoms. The number of hydrogen-bond donors (Lipinski definition) is 0. The van der Waals surface area contributed by atoms with Gasteiger partial charge in [0.2, 0.25) is 11.8 Å². The third-order valence-electron chi connectivity index (χ3n) is 3.47. The van der Waals surface area contributed by atoms with E-state index in [1.807, 2.05) is 51.7 Å². The van der Waals surface area contributed by atoms with Gasteiger partial charge in [0.05, 0.1) is 5.25 Å². The van der Waals surface area contributed by atoms with E-state index in [1.54, 1.807) is 12.1 Å². The molecule has 0 saturated carbocycles. The van der Waals surface area contributed by atoms with Crippen LogP contribution in [0.4, 0.5) is 0 Å². The molecule has 0 aliphatic carbocycles. The molecule has 0 aliphatic rings. The predicted octanol–water partition coefficient (Wildman–Crippen LogP) is 4.52. The molecule has 0 N–H and O–H groups in total. The molecule has 1 amide bonds. The third kappa shape index (κ3) is 4.51. The Labute approximate surface area is 151 Å². The van der Waals surface area contributed by atoms with E-state index in [0.29, 0.717) is 16.1 Å². The number of halogens is 1. The van der Waals surface area contributed by atoms with Crippen LogP contribution < -0.4 is 0 Å². The van der Waals surface area contributed by atoms with Crippen molar-refractivity contribution in [2.45, 2.75) is 57.2 Å². The van der Waals surface area contributed by atoms with Crippen molar-refractivity contribution in [2.24, 2.45) is 0 Å². The lowest BCUT2D eigenvalue weighted by Gasteiger charge is -2.32. The minimum atomic E-state index is -0.303. The first-order chi connectivity index (χ1) is 11.3. The number of carbonyl (C=O) groups excluding carboxylic acids is 1.